The van der Waals surface area contributed by atoms with E-state index < -0.39 is 0 Å². The lowest BCUT2D eigenvalue weighted by atomic mass is 9.82. The minimum Gasteiger partial charge on any atom is -0.359 e. The Bertz CT molecular complexity index is 1100. The number of carbonyl (C=O) groups is 1. The van der Waals surface area contributed by atoms with Crippen LogP contribution in [-0.4, -0.2) is 16.8 Å². The molecule has 3 aromatic rings. The van der Waals surface area contributed by atoms with Crippen LogP contribution < -0.4 is 5.32 Å². The first kappa shape index (κ1) is 18.3. The molecule has 0 bridgehead atoms. The topological polar surface area (TPSA) is 44.9 Å². The van der Waals surface area contributed by atoms with Crippen molar-refractivity contribution in [3.63, 3.8) is 0 Å². The first-order chi connectivity index (χ1) is 14.2. The average Bonchev–Trinajstić information content (AvgIpc) is 3.29. The van der Waals surface area contributed by atoms with Gasteiger partial charge < -0.3 is 10.3 Å². The van der Waals surface area contributed by atoms with Gasteiger partial charge in [0.15, 0.2) is 0 Å². The molecule has 4 heteroatoms. The molecule has 0 saturated heterocycles. The zero-order valence-corrected chi connectivity index (χ0v) is 16.9. The number of fused-ring (bicyclic) bond motifs is 2. The number of anilines is 1. The minimum atomic E-state index is -0.0461. The van der Waals surface area contributed by atoms with Crippen LogP contribution in [0.3, 0.4) is 0 Å². The van der Waals surface area contributed by atoms with E-state index in [0.29, 0.717) is 17.4 Å². The molecule has 1 amide bonds. The van der Waals surface area contributed by atoms with Crippen LogP contribution in [0.15, 0.2) is 54.6 Å². The molecule has 1 aromatic heterocycles. The van der Waals surface area contributed by atoms with Crippen LogP contribution in [0.25, 0.3) is 11.6 Å². The largest absolute Gasteiger partial charge is 0.359 e. The lowest BCUT2D eigenvalue weighted by Crippen LogP contribution is -2.09. The molecule has 2 heterocycles. The number of halogens is 1. The van der Waals surface area contributed by atoms with Crippen LogP contribution in [0.1, 0.15) is 52.4 Å². The normalized spacial score (nSPS) is 19.1. The number of alkyl halides is 1. The van der Waals surface area contributed by atoms with Gasteiger partial charge in [0, 0.05) is 34.4 Å². The van der Waals surface area contributed by atoms with Gasteiger partial charge in [-0.25, -0.2) is 0 Å². The third-order valence-electron chi connectivity index (χ3n) is 6.00. The number of carbonyl (C=O) groups excluding carboxylic acids is 1. The number of benzene rings is 2. The van der Waals surface area contributed by atoms with Crippen molar-refractivity contribution in [2.45, 2.75) is 31.6 Å². The summed E-state index contributed by atoms with van der Waals surface area (Å²) in [4.78, 5) is 16.2. The van der Waals surface area contributed by atoms with Crippen LogP contribution in [0.5, 0.6) is 0 Å². The highest BCUT2D eigenvalue weighted by Gasteiger charge is 2.27. The maximum atomic E-state index is 12.6. The lowest BCUT2D eigenvalue weighted by Gasteiger charge is -2.22. The molecule has 5 rings (SSSR count). The number of aromatic amines is 1. The summed E-state index contributed by atoms with van der Waals surface area (Å²) < 4.78 is 0. The maximum absolute atomic E-state index is 12.6. The van der Waals surface area contributed by atoms with Crippen molar-refractivity contribution < 1.29 is 4.79 Å². The van der Waals surface area contributed by atoms with E-state index in [1.54, 1.807) is 0 Å². The van der Waals surface area contributed by atoms with Gasteiger partial charge in [0.2, 0.25) is 0 Å². The summed E-state index contributed by atoms with van der Waals surface area (Å²) in [6, 6.07) is 19.0. The number of H-pyrrole nitrogens is 1. The minimum absolute atomic E-state index is 0.0461. The molecular formula is C25H23ClN2O. The number of hydrogen-bond donors (Lipinski definition) is 2. The first-order valence-electron chi connectivity index (χ1n) is 10.2. The molecule has 0 fully saturated rings. The molecule has 3 nitrogen and oxygen atoms in total. The molecular weight excluding hydrogens is 380 g/mol. The van der Waals surface area contributed by atoms with Gasteiger partial charge in [-0.3, -0.25) is 4.79 Å². The van der Waals surface area contributed by atoms with Crippen LogP contribution in [0, 0.1) is 0 Å². The predicted octanol–water partition coefficient (Wildman–Crippen LogP) is 5.76. The molecule has 2 N–H and O–H groups in total. The highest BCUT2D eigenvalue weighted by atomic mass is 35.5. The summed E-state index contributed by atoms with van der Waals surface area (Å²) in [5, 5.41) is 2.98. The molecule has 146 valence electrons. The Labute approximate surface area is 175 Å². The third-order valence-corrected chi connectivity index (χ3v) is 6.19. The van der Waals surface area contributed by atoms with Crippen molar-refractivity contribution in [3.05, 3.63) is 88.2 Å². The predicted molar refractivity (Wildman–Crippen MR) is 119 cm³/mol. The fraction of sp³-hybridized carbons (Fsp3) is 0.240. The monoisotopic (exact) mass is 402 g/mol. The van der Waals surface area contributed by atoms with Crippen molar-refractivity contribution in [2.24, 2.45) is 0 Å². The Balaban J connectivity index is 1.52. The van der Waals surface area contributed by atoms with Crippen molar-refractivity contribution in [1.82, 2.24) is 4.98 Å². The second-order valence-corrected chi connectivity index (χ2v) is 8.22. The Morgan fingerprint density at radius 2 is 1.97 bits per heavy atom. The summed E-state index contributed by atoms with van der Waals surface area (Å²) in [5.74, 6) is 0.947. The van der Waals surface area contributed by atoms with E-state index >= 15 is 0 Å². The van der Waals surface area contributed by atoms with Crippen molar-refractivity contribution >= 4 is 34.8 Å². The Hall–Kier alpha value is -2.78. The summed E-state index contributed by atoms with van der Waals surface area (Å²) in [6.07, 6.45) is 6.19. The van der Waals surface area contributed by atoms with Crippen molar-refractivity contribution in [3.8, 4) is 0 Å². The molecule has 0 saturated carbocycles. The second kappa shape index (κ2) is 7.57. The lowest BCUT2D eigenvalue weighted by molar-refractivity contribution is -0.110. The highest BCUT2D eigenvalue weighted by Crippen LogP contribution is 2.39. The van der Waals surface area contributed by atoms with Crippen LogP contribution in [0.2, 0.25) is 0 Å². The molecule has 0 spiro atoms. The molecule has 2 aliphatic rings. The standard InChI is InChI=1S/C25H23ClN2O/c26-12-11-16-9-10-24-20(13-16)22(25(29)28-24)15-18-14-21-19(7-4-8-23(21)27-18)17-5-2-1-3-6-17/h1-3,5-6,9-10,13-15,19,27H,4,7-8,11-12H2,(H,28,29). The zero-order chi connectivity index (χ0) is 19.8. The Morgan fingerprint density at radius 1 is 1.10 bits per heavy atom. The molecule has 1 aliphatic carbocycles. The summed E-state index contributed by atoms with van der Waals surface area (Å²) in [6.45, 7) is 0. The van der Waals surface area contributed by atoms with Crippen LogP contribution >= 0.6 is 11.6 Å². The number of amides is 1. The summed E-state index contributed by atoms with van der Waals surface area (Å²) in [5.41, 5.74) is 8.72. The SMILES string of the molecule is O=C1Nc2ccc(CCCl)cc2C1=Cc1cc2c([nH]1)CCCC2c1ccccc1. The highest BCUT2D eigenvalue weighted by molar-refractivity contribution is 6.34. The van der Waals surface area contributed by atoms with Gasteiger partial charge in [-0.15, -0.1) is 11.6 Å². The average molecular weight is 403 g/mol. The van der Waals surface area contributed by atoms with E-state index in [1.165, 1.54) is 23.2 Å². The summed E-state index contributed by atoms with van der Waals surface area (Å²) in [7, 11) is 0. The van der Waals surface area contributed by atoms with E-state index in [0.717, 1.165) is 41.8 Å². The quantitative estimate of drug-likeness (QED) is 0.423. The number of aromatic nitrogens is 1. The van der Waals surface area contributed by atoms with Gasteiger partial charge in [-0.05, 0) is 66.6 Å². The Morgan fingerprint density at radius 3 is 2.79 bits per heavy atom. The van der Waals surface area contributed by atoms with Gasteiger partial charge in [-0.1, -0.05) is 36.4 Å². The van der Waals surface area contributed by atoms with E-state index in [-0.39, 0.29) is 5.91 Å². The Kier molecular flexibility index (Phi) is 4.76. The number of aryl methyl sites for hydroxylation is 2. The molecule has 1 atom stereocenters. The molecule has 2 aromatic carbocycles. The molecule has 0 radical (unpaired) electrons. The zero-order valence-electron chi connectivity index (χ0n) is 16.2. The van der Waals surface area contributed by atoms with E-state index in [1.807, 2.05) is 18.2 Å². The van der Waals surface area contributed by atoms with Gasteiger partial charge in [0.05, 0.1) is 5.57 Å². The molecule has 1 aliphatic heterocycles. The van der Waals surface area contributed by atoms with Gasteiger partial charge >= 0.3 is 0 Å². The third kappa shape index (κ3) is 3.40. The number of rotatable bonds is 4. The summed E-state index contributed by atoms with van der Waals surface area (Å²) >= 11 is 5.90. The van der Waals surface area contributed by atoms with E-state index in [9.17, 15) is 4.79 Å². The number of hydrogen-bond acceptors (Lipinski definition) is 1. The van der Waals surface area contributed by atoms with Crippen LogP contribution in [-0.2, 0) is 17.6 Å². The van der Waals surface area contributed by atoms with E-state index in [4.69, 9.17) is 11.6 Å². The van der Waals surface area contributed by atoms with Crippen LogP contribution in [0.4, 0.5) is 5.69 Å². The van der Waals surface area contributed by atoms with Gasteiger partial charge in [0.25, 0.3) is 5.91 Å². The van der Waals surface area contributed by atoms with E-state index in [2.05, 4.69) is 52.8 Å². The first-order valence-corrected chi connectivity index (χ1v) is 10.8. The maximum Gasteiger partial charge on any atom is 0.256 e. The number of nitrogens with one attached hydrogen (secondary N) is 2. The van der Waals surface area contributed by atoms with Gasteiger partial charge in [-0.2, -0.15) is 0 Å². The van der Waals surface area contributed by atoms with Gasteiger partial charge in [0.1, 0.15) is 0 Å². The fourth-order valence-corrected chi connectivity index (χ4v) is 4.82. The second-order valence-electron chi connectivity index (χ2n) is 7.85. The molecule has 29 heavy (non-hydrogen) atoms. The van der Waals surface area contributed by atoms with Crippen molar-refractivity contribution in [2.75, 3.05) is 11.2 Å². The van der Waals surface area contributed by atoms with Crippen molar-refractivity contribution in [1.29, 1.82) is 0 Å². The molecule has 1 unspecified atom stereocenters. The smallest absolute Gasteiger partial charge is 0.256 e. The fourth-order valence-electron chi connectivity index (χ4n) is 4.60.